The van der Waals surface area contributed by atoms with E-state index in [1.807, 2.05) is 13.0 Å². The van der Waals surface area contributed by atoms with Crippen molar-refractivity contribution in [3.63, 3.8) is 0 Å². The number of aryl methyl sites for hydroxylation is 1. The van der Waals surface area contributed by atoms with Crippen molar-refractivity contribution in [1.29, 1.82) is 0 Å². The molecule has 1 N–H and O–H groups in total. The molecule has 1 aliphatic heterocycles. The molecular weight excluding hydrogens is 232 g/mol. The molecular formula is C13H18N2O3. The topological polar surface area (TPSA) is 64.4 Å². The summed E-state index contributed by atoms with van der Waals surface area (Å²) < 4.78 is 5.39. The van der Waals surface area contributed by atoms with Crippen molar-refractivity contribution in [3.05, 3.63) is 33.9 Å². The zero-order valence-electron chi connectivity index (χ0n) is 10.5. The van der Waals surface area contributed by atoms with Gasteiger partial charge in [-0.05, 0) is 37.3 Å². The highest BCUT2D eigenvalue weighted by molar-refractivity contribution is 5.62. The summed E-state index contributed by atoms with van der Waals surface area (Å²) in [5, 5.41) is 14.1. The second-order valence-corrected chi connectivity index (χ2v) is 4.74. The fourth-order valence-corrected chi connectivity index (χ4v) is 2.16. The van der Waals surface area contributed by atoms with Crippen LogP contribution in [0.3, 0.4) is 0 Å². The van der Waals surface area contributed by atoms with Gasteiger partial charge in [-0.3, -0.25) is 10.1 Å². The lowest BCUT2D eigenvalue weighted by Gasteiger charge is -2.22. The zero-order valence-corrected chi connectivity index (χ0v) is 10.5. The van der Waals surface area contributed by atoms with E-state index >= 15 is 0 Å². The average Bonchev–Trinajstić information content (AvgIpc) is 2.38. The van der Waals surface area contributed by atoms with E-state index in [-0.39, 0.29) is 10.6 Å². The largest absolute Gasteiger partial charge is 0.381 e. The Morgan fingerprint density at radius 2 is 2.39 bits per heavy atom. The van der Waals surface area contributed by atoms with Crippen LogP contribution < -0.4 is 5.32 Å². The lowest BCUT2D eigenvalue weighted by molar-refractivity contribution is -0.384. The Labute approximate surface area is 106 Å². The summed E-state index contributed by atoms with van der Waals surface area (Å²) in [6.07, 6.45) is 2.19. The van der Waals surface area contributed by atoms with E-state index in [1.54, 1.807) is 12.1 Å². The SMILES string of the molecule is Cc1ccc(NCC2CCCOC2)c([N+](=O)[O-])c1. The number of nitro benzene ring substituents is 1. The number of hydrogen-bond donors (Lipinski definition) is 1. The second kappa shape index (κ2) is 5.82. The Hall–Kier alpha value is -1.62. The fourth-order valence-electron chi connectivity index (χ4n) is 2.16. The summed E-state index contributed by atoms with van der Waals surface area (Å²) in [4.78, 5) is 10.6. The van der Waals surface area contributed by atoms with Crippen LogP contribution in [0.25, 0.3) is 0 Å². The summed E-state index contributed by atoms with van der Waals surface area (Å²) in [6.45, 7) is 4.16. The Morgan fingerprint density at radius 3 is 3.06 bits per heavy atom. The number of ether oxygens (including phenoxy) is 1. The van der Waals surface area contributed by atoms with Gasteiger partial charge in [-0.1, -0.05) is 6.07 Å². The molecule has 5 heteroatoms. The first-order valence-electron chi connectivity index (χ1n) is 6.23. The predicted molar refractivity (Wildman–Crippen MR) is 69.9 cm³/mol. The first-order chi connectivity index (χ1) is 8.66. The number of rotatable bonds is 4. The van der Waals surface area contributed by atoms with Gasteiger partial charge in [0.1, 0.15) is 5.69 Å². The molecule has 0 spiro atoms. The molecule has 98 valence electrons. The summed E-state index contributed by atoms with van der Waals surface area (Å²) >= 11 is 0. The van der Waals surface area contributed by atoms with Gasteiger partial charge < -0.3 is 10.1 Å². The summed E-state index contributed by atoms with van der Waals surface area (Å²) in [5.74, 6) is 0.444. The highest BCUT2D eigenvalue weighted by atomic mass is 16.6. The number of nitro groups is 1. The molecule has 0 radical (unpaired) electrons. The van der Waals surface area contributed by atoms with E-state index in [1.165, 1.54) is 0 Å². The molecule has 0 aliphatic carbocycles. The van der Waals surface area contributed by atoms with Crippen LogP contribution in [-0.2, 0) is 4.74 Å². The number of nitrogens with zero attached hydrogens (tertiary/aromatic N) is 1. The minimum atomic E-state index is -0.341. The van der Waals surface area contributed by atoms with Gasteiger partial charge >= 0.3 is 0 Å². The lowest BCUT2D eigenvalue weighted by atomic mass is 10.0. The smallest absolute Gasteiger partial charge is 0.292 e. The number of nitrogens with one attached hydrogen (secondary N) is 1. The predicted octanol–water partition coefficient (Wildman–Crippen LogP) is 2.74. The molecule has 1 aromatic carbocycles. The maximum Gasteiger partial charge on any atom is 0.292 e. The van der Waals surface area contributed by atoms with Crippen LogP contribution in [0.5, 0.6) is 0 Å². The molecule has 18 heavy (non-hydrogen) atoms. The van der Waals surface area contributed by atoms with E-state index in [0.29, 0.717) is 11.6 Å². The molecule has 0 saturated carbocycles. The quantitative estimate of drug-likeness (QED) is 0.659. The fraction of sp³-hybridized carbons (Fsp3) is 0.538. The van der Waals surface area contributed by atoms with Gasteiger partial charge in [0.2, 0.25) is 0 Å². The molecule has 1 unspecified atom stereocenters. The van der Waals surface area contributed by atoms with Crippen LogP contribution in [0.4, 0.5) is 11.4 Å². The van der Waals surface area contributed by atoms with E-state index in [9.17, 15) is 10.1 Å². The maximum absolute atomic E-state index is 11.0. The van der Waals surface area contributed by atoms with Crippen molar-refractivity contribution in [3.8, 4) is 0 Å². The maximum atomic E-state index is 11.0. The van der Waals surface area contributed by atoms with Crippen molar-refractivity contribution in [1.82, 2.24) is 0 Å². The van der Waals surface area contributed by atoms with Gasteiger partial charge in [0.25, 0.3) is 5.69 Å². The number of benzene rings is 1. The number of hydrogen-bond acceptors (Lipinski definition) is 4. The van der Waals surface area contributed by atoms with Crippen LogP contribution in [0.2, 0.25) is 0 Å². The molecule has 1 saturated heterocycles. The molecule has 1 heterocycles. The normalized spacial score (nSPS) is 19.5. The van der Waals surface area contributed by atoms with Crippen LogP contribution in [0.1, 0.15) is 18.4 Å². The zero-order chi connectivity index (χ0) is 13.0. The summed E-state index contributed by atoms with van der Waals surface area (Å²) in [6, 6.07) is 5.25. The Balaban J connectivity index is 2.01. The summed E-state index contributed by atoms with van der Waals surface area (Å²) in [7, 11) is 0. The van der Waals surface area contributed by atoms with E-state index in [2.05, 4.69) is 5.32 Å². The minimum Gasteiger partial charge on any atom is -0.381 e. The minimum absolute atomic E-state index is 0.145. The molecule has 2 rings (SSSR count). The molecule has 0 bridgehead atoms. The van der Waals surface area contributed by atoms with Gasteiger partial charge in [-0.15, -0.1) is 0 Å². The molecule has 1 atom stereocenters. The lowest BCUT2D eigenvalue weighted by Crippen LogP contribution is -2.24. The van der Waals surface area contributed by atoms with Crippen molar-refractivity contribution >= 4 is 11.4 Å². The van der Waals surface area contributed by atoms with E-state index in [0.717, 1.165) is 38.2 Å². The van der Waals surface area contributed by atoms with E-state index in [4.69, 9.17) is 4.74 Å². The summed E-state index contributed by atoms with van der Waals surface area (Å²) in [5.41, 5.74) is 1.64. The molecule has 0 amide bonds. The highest BCUT2D eigenvalue weighted by Gasteiger charge is 2.17. The molecule has 0 aromatic heterocycles. The molecule has 1 aliphatic rings. The third kappa shape index (κ3) is 3.20. The number of anilines is 1. The second-order valence-electron chi connectivity index (χ2n) is 4.74. The van der Waals surface area contributed by atoms with Crippen molar-refractivity contribution < 1.29 is 9.66 Å². The average molecular weight is 250 g/mol. The Bertz CT molecular complexity index is 428. The first kappa shape index (κ1) is 12.8. The van der Waals surface area contributed by atoms with Crippen LogP contribution in [-0.4, -0.2) is 24.7 Å². The van der Waals surface area contributed by atoms with Crippen LogP contribution >= 0.6 is 0 Å². The molecule has 1 fully saturated rings. The van der Waals surface area contributed by atoms with Crippen molar-refractivity contribution in [2.24, 2.45) is 5.92 Å². The van der Waals surface area contributed by atoms with Crippen molar-refractivity contribution in [2.75, 3.05) is 25.1 Å². The van der Waals surface area contributed by atoms with Gasteiger partial charge in [0, 0.05) is 19.2 Å². The Kier molecular flexibility index (Phi) is 4.15. The van der Waals surface area contributed by atoms with Crippen LogP contribution in [0, 0.1) is 23.0 Å². The highest BCUT2D eigenvalue weighted by Crippen LogP contribution is 2.26. The molecule has 5 nitrogen and oxygen atoms in total. The van der Waals surface area contributed by atoms with E-state index < -0.39 is 0 Å². The molecule has 1 aromatic rings. The van der Waals surface area contributed by atoms with Gasteiger partial charge in [0.15, 0.2) is 0 Å². The third-order valence-corrected chi connectivity index (χ3v) is 3.19. The third-order valence-electron chi connectivity index (χ3n) is 3.19. The van der Waals surface area contributed by atoms with Gasteiger partial charge in [-0.25, -0.2) is 0 Å². The first-order valence-corrected chi connectivity index (χ1v) is 6.23. The monoisotopic (exact) mass is 250 g/mol. The standard InChI is InChI=1S/C13H18N2O3/c1-10-4-5-12(13(7-10)15(16)17)14-8-11-3-2-6-18-9-11/h4-5,7,11,14H,2-3,6,8-9H2,1H3. The van der Waals surface area contributed by atoms with Crippen molar-refractivity contribution in [2.45, 2.75) is 19.8 Å². The van der Waals surface area contributed by atoms with Gasteiger partial charge in [-0.2, -0.15) is 0 Å². The Morgan fingerprint density at radius 1 is 1.56 bits per heavy atom. The van der Waals surface area contributed by atoms with Gasteiger partial charge in [0.05, 0.1) is 11.5 Å². The van der Waals surface area contributed by atoms with Crippen LogP contribution in [0.15, 0.2) is 18.2 Å².